The van der Waals surface area contributed by atoms with E-state index in [1.165, 1.54) is 21.8 Å². The lowest BCUT2D eigenvalue weighted by molar-refractivity contribution is -0.135. The van der Waals surface area contributed by atoms with E-state index in [0.717, 1.165) is 30.4 Å². The van der Waals surface area contributed by atoms with E-state index in [-0.39, 0.29) is 23.2 Å². The third-order valence-corrected chi connectivity index (χ3v) is 8.20. The summed E-state index contributed by atoms with van der Waals surface area (Å²) in [5.74, 6) is -0.223. The zero-order valence-corrected chi connectivity index (χ0v) is 18.9. The summed E-state index contributed by atoms with van der Waals surface area (Å²) < 4.78 is 0. The Hall–Kier alpha value is -2.24. The molecule has 3 aliphatic rings. The fourth-order valence-corrected chi connectivity index (χ4v) is 6.60. The molecule has 0 bridgehead atoms. The van der Waals surface area contributed by atoms with Crippen LogP contribution in [0.15, 0.2) is 65.1 Å². The van der Waals surface area contributed by atoms with E-state index in [0.29, 0.717) is 24.5 Å². The lowest BCUT2D eigenvalue weighted by Crippen LogP contribution is -2.60. The van der Waals surface area contributed by atoms with Crippen molar-refractivity contribution in [1.82, 2.24) is 9.80 Å². The summed E-state index contributed by atoms with van der Waals surface area (Å²) in [6, 6.07) is 17.5. The number of hydrogen-bond acceptors (Lipinski definition) is 3. The summed E-state index contributed by atoms with van der Waals surface area (Å²) in [5.41, 5.74) is 3.44. The van der Waals surface area contributed by atoms with E-state index in [2.05, 4.69) is 0 Å². The third kappa shape index (κ3) is 4.01. The number of imide groups is 1. The first-order chi connectivity index (χ1) is 15.1. The van der Waals surface area contributed by atoms with Crippen molar-refractivity contribution in [2.24, 2.45) is 5.92 Å². The van der Waals surface area contributed by atoms with Gasteiger partial charge < -0.3 is 4.90 Å². The van der Waals surface area contributed by atoms with Crippen molar-refractivity contribution in [1.29, 1.82) is 0 Å². The highest BCUT2D eigenvalue weighted by molar-refractivity contribution is 8.04. The van der Waals surface area contributed by atoms with Gasteiger partial charge in [0.1, 0.15) is 0 Å². The smallest absolute Gasteiger partial charge is 0.306 e. The molecule has 2 aromatic carbocycles. The van der Waals surface area contributed by atoms with Crippen molar-refractivity contribution < 1.29 is 9.59 Å². The molecule has 0 saturated carbocycles. The van der Waals surface area contributed by atoms with Crippen molar-refractivity contribution in [3.63, 3.8) is 0 Å². The van der Waals surface area contributed by atoms with E-state index in [4.69, 9.17) is 11.6 Å². The number of thioether (sulfide) groups is 1. The Bertz CT molecular complexity index is 1020. The molecule has 2 aliphatic heterocycles. The van der Waals surface area contributed by atoms with Gasteiger partial charge in [0, 0.05) is 18.1 Å². The first kappa shape index (κ1) is 20.7. The Balaban J connectivity index is 1.44. The Labute approximate surface area is 192 Å². The van der Waals surface area contributed by atoms with Gasteiger partial charge in [0.25, 0.3) is 0 Å². The maximum Gasteiger partial charge on any atom is 0.327 e. The minimum Gasteiger partial charge on any atom is -0.306 e. The standard InChI is InChI=1S/C25H25ClN2O2S/c26-19-12-10-18(11-13-19)16-28-24-22(20-8-4-5-9-21(20)31-24)23(29)27(25(28)30)15-14-17-6-2-1-3-7-17/h1-3,6-7,10-13,22,24H,4-5,8-9,14-16H2. The van der Waals surface area contributed by atoms with Gasteiger partial charge >= 0.3 is 6.03 Å². The third-order valence-electron chi connectivity index (χ3n) is 6.43. The van der Waals surface area contributed by atoms with Crippen LogP contribution in [0, 0.1) is 5.92 Å². The quantitative estimate of drug-likeness (QED) is 0.570. The van der Waals surface area contributed by atoms with Crippen molar-refractivity contribution in [2.75, 3.05) is 6.54 Å². The van der Waals surface area contributed by atoms with Gasteiger partial charge in [0.2, 0.25) is 5.91 Å². The van der Waals surface area contributed by atoms with Crippen LogP contribution in [0.25, 0.3) is 0 Å². The first-order valence-corrected chi connectivity index (χ1v) is 12.2. The Morgan fingerprint density at radius 1 is 0.935 bits per heavy atom. The van der Waals surface area contributed by atoms with Gasteiger partial charge in [-0.15, -0.1) is 11.8 Å². The average molecular weight is 453 g/mol. The molecule has 2 aromatic rings. The van der Waals surface area contributed by atoms with Crippen LogP contribution in [0.2, 0.25) is 5.02 Å². The zero-order chi connectivity index (χ0) is 21.4. The number of amides is 3. The van der Waals surface area contributed by atoms with Crippen molar-refractivity contribution in [3.8, 4) is 0 Å². The number of allylic oxidation sites excluding steroid dienone is 1. The molecule has 2 heterocycles. The van der Waals surface area contributed by atoms with Gasteiger partial charge in [-0.2, -0.15) is 0 Å². The molecule has 0 spiro atoms. The average Bonchev–Trinajstić information content (AvgIpc) is 3.18. The maximum absolute atomic E-state index is 13.5. The SMILES string of the molecule is O=C1C2C3=C(CCCC3)SC2N(Cc2ccc(Cl)cc2)C(=O)N1CCc1ccccc1. The minimum atomic E-state index is -0.207. The number of benzene rings is 2. The number of hydrogen-bond donors (Lipinski definition) is 0. The van der Waals surface area contributed by atoms with Gasteiger partial charge in [-0.25, -0.2) is 4.79 Å². The van der Waals surface area contributed by atoms with Gasteiger partial charge in [-0.1, -0.05) is 54.1 Å². The van der Waals surface area contributed by atoms with E-state index in [1.807, 2.05) is 59.5 Å². The molecule has 31 heavy (non-hydrogen) atoms. The molecule has 1 aliphatic carbocycles. The molecule has 2 unspecified atom stereocenters. The van der Waals surface area contributed by atoms with Crippen LogP contribution in [-0.2, 0) is 17.8 Å². The zero-order valence-electron chi connectivity index (χ0n) is 17.3. The summed E-state index contributed by atoms with van der Waals surface area (Å²) in [7, 11) is 0. The van der Waals surface area contributed by atoms with E-state index >= 15 is 0 Å². The van der Waals surface area contributed by atoms with Crippen LogP contribution in [0.4, 0.5) is 4.79 Å². The first-order valence-electron chi connectivity index (χ1n) is 10.9. The minimum absolute atomic E-state index is 0.0160. The summed E-state index contributed by atoms with van der Waals surface area (Å²) in [6.07, 6.45) is 4.98. The highest BCUT2D eigenvalue weighted by atomic mass is 35.5. The molecule has 4 nitrogen and oxygen atoms in total. The number of rotatable bonds is 5. The molecule has 2 atom stereocenters. The highest BCUT2D eigenvalue weighted by Crippen LogP contribution is 2.52. The van der Waals surface area contributed by atoms with Crippen LogP contribution >= 0.6 is 23.4 Å². The summed E-state index contributed by atoms with van der Waals surface area (Å²) >= 11 is 7.80. The van der Waals surface area contributed by atoms with Crippen LogP contribution in [0.5, 0.6) is 0 Å². The van der Waals surface area contributed by atoms with Crippen LogP contribution in [0.1, 0.15) is 36.8 Å². The van der Waals surface area contributed by atoms with Crippen LogP contribution in [-0.4, -0.2) is 33.7 Å². The second-order valence-corrected chi connectivity index (χ2v) is 10.1. The van der Waals surface area contributed by atoms with Gasteiger partial charge in [0.05, 0.1) is 11.3 Å². The number of urea groups is 1. The Kier molecular flexibility index (Phi) is 5.81. The predicted molar refractivity (Wildman–Crippen MR) is 125 cm³/mol. The van der Waals surface area contributed by atoms with Gasteiger partial charge in [-0.3, -0.25) is 9.69 Å². The number of carbonyl (C=O) groups is 2. The highest BCUT2D eigenvalue weighted by Gasteiger charge is 2.52. The molecule has 0 radical (unpaired) electrons. The summed E-state index contributed by atoms with van der Waals surface area (Å²) in [4.78, 5) is 31.8. The van der Waals surface area contributed by atoms with Crippen molar-refractivity contribution >= 4 is 35.3 Å². The fraction of sp³-hybridized carbons (Fsp3) is 0.360. The van der Waals surface area contributed by atoms with Crippen LogP contribution < -0.4 is 0 Å². The van der Waals surface area contributed by atoms with E-state index < -0.39 is 0 Å². The Morgan fingerprint density at radius 3 is 2.45 bits per heavy atom. The molecule has 0 aromatic heterocycles. The second-order valence-electron chi connectivity index (χ2n) is 8.40. The number of carbonyl (C=O) groups excluding carboxylic acids is 2. The van der Waals surface area contributed by atoms with Gasteiger partial charge in [0.15, 0.2) is 0 Å². The Morgan fingerprint density at radius 2 is 1.68 bits per heavy atom. The molecular formula is C25H25ClN2O2S. The normalized spacial score (nSPS) is 23.3. The van der Waals surface area contributed by atoms with Crippen molar-refractivity contribution in [3.05, 3.63) is 81.2 Å². The topological polar surface area (TPSA) is 40.6 Å². The van der Waals surface area contributed by atoms with Crippen molar-refractivity contribution in [2.45, 2.75) is 44.0 Å². The molecule has 5 rings (SSSR count). The molecule has 3 amide bonds. The summed E-state index contributed by atoms with van der Waals surface area (Å²) in [6.45, 7) is 0.898. The number of fused-ring (bicyclic) bond motifs is 2. The molecular weight excluding hydrogens is 428 g/mol. The maximum atomic E-state index is 13.5. The van der Waals surface area contributed by atoms with E-state index in [1.54, 1.807) is 11.8 Å². The molecule has 1 saturated heterocycles. The number of nitrogens with zero attached hydrogens (tertiary/aromatic N) is 2. The molecule has 6 heteroatoms. The second kappa shape index (κ2) is 8.71. The van der Waals surface area contributed by atoms with Gasteiger partial charge in [-0.05, 0) is 65.8 Å². The molecule has 1 fully saturated rings. The number of halogens is 1. The predicted octanol–water partition coefficient (Wildman–Crippen LogP) is 5.86. The fourth-order valence-electron chi connectivity index (χ4n) is 4.83. The van der Waals surface area contributed by atoms with Crippen LogP contribution in [0.3, 0.4) is 0 Å². The lowest BCUT2D eigenvalue weighted by atomic mass is 9.86. The molecule has 160 valence electrons. The van der Waals surface area contributed by atoms with E-state index in [9.17, 15) is 9.59 Å². The monoisotopic (exact) mass is 452 g/mol. The summed E-state index contributed by atoms with van der Waals surface area (Å²) in [5, 5.41) is 0.547. The lowest BCUT2D eigenvalue weighted by Gasteiger charge is -2.42. The molecule has 0 N–H and O–H groups in total. The largest absolute Gasteiger partial charge is 0.327 e.